The average Bonchev–Trinajstić information content (AvgIpc) is 0.820. The predicted molar refractivity (Wildman–Crippen MR) is 456 cm³/mol. The Balaban J connectivity index is 0. The van der Waals surface area contributed by atoms with Crippen molar-refractivity contribution in [1.29, 1.82) is 0 Å². The van der Waals surface area contributed by atoms with Crippen molar-refractivity contribution in [1.82, 2.24) is 0 Å². The van der Waals surface area contributed by atoms with Crippen LogP contribution in [0.2, 0.25) is 0 Å². The second-order valence-corrected chi connectivity index (χ2v) is 20.5. The summed E-state index contributed by atoms with van der Waals surface area (Å²) in [6, 6.07) is 98.1. The van der Waals surface area contributed by atoms with Crippen molar-refractivity contribution in [3.63, 3.8) is 0 Å². The molecule has 106 heavy (non-hydrogen) atoms. The third-order valence-corrected chi connectivity index (χ3v) is 14.1. The Morgan fingerprint density at radius 3 is 1.08 bits per heavy atom. The van der Waals surface area contributed by atoms with Crippen LogP contribution in [-0.4, -0.2) is 56.6 Å². The molecule has 0 bridgehead atoms. The second-order valence-electron chi connectivity index (χ2n) is 20.5. The van der Waals surface area contributed by atoms with E-state index in [1.54, 1.807) is 61.4 Å². The molecule has 0 radical (unpaired) electrons. The molecule has 13 rings (SSSR count). The summed E-state index contributed by atoms with van der Waals surface area (Å²) in [5.41, 5.74) is 11.9. The minimum absolute atomic E-state index is 0. The first-order valence-corrected chi connectivity index (χ1v) is 49.6. The van der Waals surface area contributed by atoms with Gasteiger partial charge in [-0.1, -0.05) is 218 Å². The van der Waals surface area contributed by atoms with Crippen LogP contribution in [0.4, 0.5) is 28.4 Å². The Kier molecular flexibility index (Phi) is 59.1. The standard InChI is InChI=1S/C19H15NO.2C17H13NO.2C14H13NO.5CH3.5BrH.5Ti/c21-19-16(14-20-17-11-5-2-6-12-17)10-7-13-18(19)15-8-3-1-4-9-15;19-17-11-4-2-7-14(17)12-18-16-10-5-8-13-6-1-3-9-15(13)16;19-17-11-10-13-6-4-5-9-15(13)16(17)12-18-14-7-2-1-3-8-14;1-11-6-2-4-8-13(11)15-10-12-7-3-5-9-14(12)16;1-11-6-5-7-12(14(11)16)10-15-13-8-3-2-4-9-13;;;;;;;;;;;;;;;/h1-14,21H;2*1-12,19H;2*2-10,16H,1H3;5*1H3;5*1H;;;;;/q;;;;;5*-1;;;;;;5*+2/p-5. The molecule has 13 aromatic carbocycles. The van der Waals surface area contributed by atoms with Crippen LogP contribution in [0, 0.1) is 51.0 Å². The fourth-order valence-electron chi connectivity index (χ4n) is 9.19. The minimum atomic E-state index is 0. The quantitative estimate of drug-likeness (QED) is 0.0494. The zero-order valence-corrected chi connectivity index (χ0v) is 75.4. The van der Waals surface area contributed by atoms with E-state index in [2.05, 4.69) is 103 Å². The van der Waals surface area contributed by atoms with Crippen molar-refractivity contribution in [2.75, 3.05) is 0 Å². The molecule has 0 aliphatic heterocycles. The van der Waals surface area contributed by atoms with Gasteiger partial charge >= 0.3 is 158 Å². The number of para-hydroxylation sites is 8. The van der Waals surface area contributed by atoms with Gasteiger partial charge in [-0.2, -0.15) is 0 Å². The first-order chi connectivity index (χ1) is 49.6. The van der Waals surface area contributed by atoms with E-state index >= 15 is 0 Å². The van der Waals surface area contributed by atoms with E-state index in [4.69, 9.17) is 0 Å². The summed E-state index contributed by atoms with van der Waals surface area (Å²) in [6.07, 6.45) is 8.45. The van der Waals surface area contributed by atoms with Crippen LogP contribution in [0.25, 0.3) is 32.7 Å². The molecule has 0 fully saturated rings. The number of phenols is 5. The Hall–Kier alpha value is -6.30. The molecule has 0 aliphatic rings. The van der Waals surface area contributed by atoms with Crippen molar-refractivity contribution in [3.8, 4) is 39.9 Å². The number of aromatic hydroxyl groups is 5. The van der Waals surface area contributed by atoms with Crippen molar-refractivity contribution in [2.45, 2.75) is 13.8 Å². The summed E-state index contributed by atoms with van der Waals surface area (Å²) in [4.78, 5) is 21.9. The van der Waals surface area contributed by atoms with Crippen LogP contribution in [-0.2, 0) is 91.7 Å². The van der Waals surface area contributed by atoms with Gasteiger partial charge in [-0.15, -0.1) is 0 Å². The van der Waals surface area contributed by atoms with Gasteiger partial charge in [0.1, 0.15) is 28.7 Å². The van der Waals surface area contributed by atoms with Crippen LogP contribution in [0.3, 0.4) is 0 Å². The molecule has 0 heterocycles. The molecule has 0 saturated heterocycles. The molecule has 0 atom stereocenters. The van der Waals surface area contributed by atoms with E-state index < -0.39 is 0 Å². The number of benzene rings is 13. The summed E-state index contributed by atoms with van der Waals surface area (Å²) in [5.74, 6) is 1.29. The maximum absolute atomic E-state index is 10.4. The van der Waals surface area contributed by atoms with Crippen LogP contribution >= 0.6 is 65.8 Å². The van der Waals surface area contributed by atoms with Crippen LogP contribution in [0.15, 0.2) is 334 Å². The Bertz CT molecular complexity index is 4620. The number of nitrogens with zero attached hydrogens (tertiary/aromatic N) is 5. The molecule has 0 aliphatic carbocycles. The fourth-order valence-corrected chi connectivity index (χ4v) is 9.19. The summed E-state index contributed by atoms with van der Waals surface area (Å²) in [5, 5.41) is 53.8. The van der Waals surface area contributed by atoms with Gasteiger partial charge in [-0.3, -0.25) is 25.0 Å². The molecule has 20 heteroatoms. The summed E-state index contributed by atoms with van der Waals surface area (Å²) in [6.45, 7) is 3.88. The molecular formula is C86H82Br5N5O5Ti5. The number of hydrogen-bond donors (Lipinski definition) is 5. The molecule has 536 valence electrons. The van der Waals surface area contributed by atoms with E-state index in [1.165, 1.54) is 0 Å². The zero-order valence-electron chi connectivity index (χ0n) is 59.7. The van der Waals surface area contributed by atoms with Gasteiger partial charge in [-0.05, 0) is 138 Å². The van der Waals surface area contributed by atoms with Gasteiger partial charge in [0.05, 0.1) is 28.4 Å². The molecular weight excluding hydrogens is 1820 g/mol. The maximum atomic E-state index is 10.4. The number of rotatable bonds is 11. The molecule has 0 saturated carbocycles. The fraction of sp³-hybridized carbons (Fsp3) is 0.0233. The number of halogens is 5. The Morgan fingerprint density at radius 2 is 0.585 bits per heavy atom. The monoisotopic (exact) mass is 1900 g/mol. The van der Waals surface area contributed by atoms with Gasteiger partial charge < -0.3 is 62.7 Å². The molecule has 10 nitrogen and oxygen atoms in total. The first-order valence-electron chi connectivity index (χ1n) is 30.3. The molecule has 0 spiro atoms. The number of fused-ring (bicyclic) bond motifs is 2. The third-order valence-electron chi connectivity index (χ3n) is 14.1. The number of phenolic OH excluding ortho intramolecular Hbond substituents is 5. The van der Waals surface area contributed by atoms with Gasteiger partial charge in [0.15, 0.2) is 0 Å². The van der Waals surface area contributed by atoms with Crippen LogP contribution in [0.1, 0.15) is 38.9 Å². The van der Waals surface area contributed by atoms with Crippen molar-refractivity contribution in [3.05, 3.63) is 385 Å². The van der Waals surface area contributed by atoms with E-state index in [0.29, 0.717) is 11.3 Å². The molecule has 0 unspecified atom stereocenters. The van der Waals surface area contributed by atoms with E-state index in [-0.39, 0.29) is 60.1 Å². The summed E-state index contributed by atoms with van der Waals surface area (Å²) in [7, 11) is 0. The first kappa shape index (κ1) is 102. The van der Waals surface area contributed by atoms with Gasteiger partial charge in [0.2, 0.25) is 0 Å². The van der Waals surface area contributed by atoms with E-state index in [0.717, 1.165) is 94.5 Å². The van der Waals surface area contributed by atoms with Crippen molar-refractivity contribution in [2.24, 2.45) is 25.0 Å². The molecule has 0 aromatic heterocycles. The Labute approximate surface area is 719 Å². The van der Waals surface area contributed by atoms with Gasteiger partial charge in [0.25, 0.3) is 0 Å². The molecule has 13 aromatic rings. The molecule has 0 amide bonds. The SMILES string of the molecule is Cc1cccc(C=Nc2ccccc2)c1O.Cc1ccccc1N=Cc1ccccc1O.Oc1c(C=Nc2ccccc2)cccc1-c1ccccc1.Oc1ccc2ccccc2c1C=Nc1ccccc1.Oc1ccccc1C=Nc1cccc2ccccc12.[CH3-].[CH3-].[CH3-].[CH3-].[CH3-].[Ti+][Br].[Ti+][Br].[Ti+][Br].[Ti+][Br].[Ti+][Br]. The second kappa shape index (κ2) is 61.6. The average molecular weight is 1900 g/mol. The van der Waals surface area contributed by atoms with E-state index in [1.807, 2.05) is 372 Å². The van der Waals surface area contributed by atoms with Gasteiger partial charge in [0, 0.05) is 69.8 Å². The predicted octanol–water partition coefficient (Wildman–Crippen LogP) is 26.8. The Morgan fingerprint density at radius 1 is 0.255 bits per heavy atom. The van der Waals surface area contributed by atoms with Crippen molar-refractivity contribution < 1.29 is 117 Å². The van der Waals surface area contributed by atoms with Crippen LogP contribution in [0.5, 0.6) is 28.7 Å². The van der Waals surface area contributed by atoms with Crippen LogP contribution < -0.4 is 0 Å². The number of aryl methyl sites for hydroxylation is 2. The normalized spacial score (nSPS) is 9.60. The topological polar surface area (TPSA) is 163 Å². The zero-order chi connectivity index (χ0) is 73.4. The number of aliphatic imine (C=N–C) groups is 5. The van der Waals surface area contributed by atoms with E-state index in [9.17, 15) is 25.5 Å². The summed E-state index contributed by atoms with van der Waals surface area (Å²) < 4.78 is 0. The molecule has 5 N–H and O–H groups in total. The van der Waals surface area contributed by atoms with Crippen molar-refractivity contribution >= 4 is 147 Å². The van der Waals surface area contributed by atoms with Gasteiger partial charge in [-0.25, -0.2) is 0 Å². The summed E-state index contributed by atoms with van der Waals surface area (Å²) >= 11 is 23.8. The third kappa shape index (κ3) is 35.4. The number of hydrogen-bond acceptors (Lipinski definition) is 10.